The first kappa shape index (κ1) is 20.0. The summed E-state index contributed by atoms with van der Waals surface area (Å²) in [7, 11) is 0. The first-order chi connectivity index (χ1) is 13.1. The Labute approximate surface area is 160 Å². The highest BCUT2D eigenvalue weighted by Crippen LogP contribution is 2.40. The van der Waals surface area contributed by atoms with E-state index in [2.05, 4.69) is 6.92 Å². The summed E-state index contributed by atoms with van der Waals surface area (Å²) in [6.45, 7) is 4.09. The molecule has 0 amide bonds. The normalized spacial score (nSPS) is 20.6. The van der Waals surface area contributed by atoms with E-state index in [1.54, 1.807) is 18.2 Å². The standard InChI is InChI=1S/C24H29F3/c1-3-5-6-8-18-13-14-19-15-20(23(26)24(27)21(19)22(18)25)17-11-9-16(7-4-2)10-12-17/h3,5,13-17H,4,6-12H2,1-2H3/b5-3+. The second-order valence-electron chi connectivity index (χ2n) is 7.84. The van der Waals surface area contributed by atoms with Crippen LogP contribution < -0.4 is 0 Å². The molecule has 0 unspecified atom stereocenters. The van der Waals surface area contributed by atoms with Crippen molar-refractivity contribution in [3.8, 4) is 0 Å². The van der Waals surface area contributed by atoms with Gasteiger partial charge in [0.05, 0.1) is 5.39 Å². The molecule has 0 radical (unpaired) electrons. The molecule has 1 saturated carbocycles. The fourth-order valence-electron chi connectivity index (χ4n) is 4.51. The van der Waals surface area contributed by atoms with Gasteiger partial charge in [-0.15, -0.1) is 0 Å². The second kappa shape index (κ2) is 8.95. The van der Waals surface area contributed by atoms with Gasteiger partial charge in [0.15, 0.2) is 11.6 Å². The molecule has 0 spiro atoms. The first-order valence-corrected chi connectivity index (χ1v) is 10.3. The minimum atomic E-state index is -1.02. The summed E-state index contributed by atoms with van der Waals surface area (Å²) >= 11 is 0. The molecule has 27 heavy (non-hydrogen) atoms. The van der Waals surface area contributed by atoms with Gasteiger partial charge in [0.2, 0.25) is 0 Å². The Morgan fingerprint density at radius 3 is 2.41 bits per heavy atom. The van der Waals surface area contributed by atoms with Gasteiger partial charge >= 0.3 is 0 Å². The molecule has 0 heterocycles. The SMILES string of the molecule is C/C=C/CCc1ccc2cc(C3CCC(CCC)CC3)c(F)c(F)c2c1F. The van der Waals surface area contributed by atoms with Crippen molar-refractivity contribution < 1.29 is 13.2 Å². The molecule has 0 aromatic heterocycles. The molecule has 0 saturated heterocycles. The quantitative estimate of drug-likeness (QED) is 0.452. The van der Waals surface area contributed by atoms with Gasteiger partial charge in [-0.05, 0) is 79.9 Å². The number of aryl methyl sites for hydroxylation is 1. The average Bonchev–Trinajstić information content (AvgIpc) is 2.67. The molecule has 0 atom stereocenters. The van der Waals surface area contributed by atoms with E-state index in [9.17, 15) is 13.2 Å². The van der Waals surface area contributed by atoms with Crippen LogP contribution in [0.3, 0.4) is 0 Å². The fourth-order valence-corrected chi connectivity index (χ4v) is 4.51. The number of fused-ring (bicyclic) bond motifs is 1. The predicted molar refractivity (Wildman–Crippen MR) is 107 cm³/mol. The summed E-state index contributed by atoms with van der Waals surface area (Å²) in [6.07, 6.45) is 11.3. The molecule has 0 nitrogen and oxygen atoms in total. The number of hydrogen-bond acceptors (Lipinski definition) is 0. The average molecular weight is 374 g/mol. The van der Waals surface area contributed by atoms with Crippen LogP contribution in [0.1, 0.15) is 75.8 Å². The molecule has 2 aromatic carbocycles. The van der Waals surface area contributed by atoms with Crippen molar-refractivity contribution in [1.82, 2.24) is 0 Å². The molecule has 3 rings (SSSR count). The summed E-state index contributed by atoms with van der Waals surface area (Å²) < 4.78 is 44.5. The highest BCUT2D eigenvalue weighted by atomic mass is 19.2. The zero-order valence-electron chi connectivity index (χ0n) is 16.3. The van der Waals surface area contributed by atoms with Crippen molar-refractivity contribution >= 4 is 10.8 Å². The van der Waals surface area contributed by atoms with Crippen LogP contribution in [0, 0.1) is 23.4 Å². The topological polar surface area (TPSA) is 0 Å². The Bertz CT molecular complexity index is 814. The van der Waals surface area contributed by atoms with Crippen LogP contribution in [-0.4, -0.2) is 0 Å². The summed E-state index contributed by atoms with van der Waals surface area (Å²) in [5, 5.41) is 0.265. The number of halogens is 3. The third-order valence-electron chi connectivity index (χ3n) is 6.03. The van der Waals surface area contributed by atoms with E-state index in [0.717, 1.165) is 25.7 Å². The summed E-state index contributed by atoms with van der Waals surface area (Å²) in [4.78, 5) is 0. The van der Waals surface area contributed by atoms with Gasteiger partial charge in [-0.1, -0.05) is 44.1 Å². The maximum atomic E-state index is 14.8. The lowest BCUT2D eigenvalue weighted by molar-refractivity contribution is 0.303. The van der Waals surface area contributed by atoms with E-state index in [4.69, 9.17) is 0 Å². The molecule has 0 aliphatic heterocycles. The lowest BCUT2D eigenvalue weighted by atomic mass is 9.76. The summed E-state index contributed by atoms with van der Waals surface area (Å²) in [6, 6.07) is 5.12. The van der Waals surface area contributed by atoms with E-state index in [-0.39, 0.29) is 11.3 Å². The first-order valence-electron chi connectivity index (χ1n) is 10.3. The van der Waals surface area contributed by atoms with Crippen LogP contribution >= 0.6 is 0 Å². The van der Waals surface area contributed by atoms with Gasteiger partial charge in [-0.3, -0.25) is 0 Å². The number of benzene rings is 2. The Hall–Kier alpha value is -1.77. The zero-order chi connectivity index (χ0) is 19.4. The van der Waals surface area contributed by atoms with E-state index >= 15 is 0 Å². The second-order valence-corrected chi connectivity index (χ2v) is 7.84. The van der Waals surface area contributed by atoms with Crippen molar-refractivity contribution in [2.24, 2.45) is 5.92 Å². The van der Waals surface area contributed by atoms with E-state index in [0.29, 0.717) is 35.3 Å². The van der Waals surface area contributed by atoms with E-state index < -0.39 is 17.5 Å². The van der Waals surface area contributed by atoms with Gasteiger partial charge in [0, 0.05) is 0 Å². The maximum absolute atomic E-state index is 14.8. The largest absolute Gasteiger partial charge is 0.206 e. The minimum absolute atomic E-state index is 0.0365. The van der Waals surface area contributed by atoms with Crippen LogP contribution in [-0.2, 0) is 6.42 Å². The Balaban J connectivity index is 1.91. The minimum Gasteiger partial charge on any atom is -0.206 e. The Morgan fingerprint density at radius 1 is 1.00 bits per heavy atom. The van der Waals surface area contributed by atoms with Gasteiger partial charge in [0.25, 0.3) is 0 Å². The van der Waals surface area contributed by atoms with Crippen molar-refractivity contribution in [2.45, 2.75) is 71.1 Å². The number of hydrogen-bond donors (Lipinski definition) is 0. The Morgan fingerprint density at radius 2 is 1.74 bits per heavy atom. The van der Waals surface area contributed by atoms with Crippen LogP contribution in [0.15, 0.2) is 30.4 Å². The van der Waals surface area contributed by atoms with Crippen LogP contribution in [0.5, 0.6) is 0 Å². The van der Waals surface area contributed by atoms with E-state index in [1.807, 2.05) is 19.1 Å². The third-order valence-corrected chi connectivity index (χ3v) is 6.03. The molecule has 146 valence electrons. The molecular formula is C24H29F3. The van der Waals surface area contributed by atoms with Crippen LogP contribution in [0.25, 0.3) is 10.8 Å². The lowest BCUT2D eigenvalue weighted by Gasteiger charge is -2.29. The van der Waals surface area contributed by atoms with Crippen molar-refractivity contribution in [3.63, 3.8) is 0 Å². The fraction of sp³-hybridized carbons (Fsp3) is 0.500. The van der Waals surface area contributed by atoms with Gasteiger partial charge in [0.1, 0.15) is 5.82 Å². The van der Waals surface area contributed by atoms with Gasteiger partial charge in [-0.2, -0.15) is 0 Å². The Kier molecular flexibility index (Phi) is 6.62. The summed E-state index contributed by atoms with van der Waals surface area (Å²) in [5.41, 5.74) is 0.864. The van der Waals surface area contributed by atoms with Crippen LogP contribution in [0.2, 0.25) is 0 Å². The highest BCUT2D eigenvalue weighted by Gasteiger charge is 2.27. The molecular weight excluding hydrogens is 345 g/mol. The lowest BCUT2D eigenvalue weighted by Crippen LogP contribution is -2.15. The molecule has 2 aromatic rings. The van der Waals surface area contributed by atoms with Gasteiger partial charge in [-0.25, -0.2) is 13.2 Å². The third kappa shape index (κ3) is 4.23. The molecule has 1 aliphatic carbocycles. The van der Waals surface area contributed by atoms with E-state index in [1.165, 1.54) is 12.8 Å². The predicted octanol–water partition coefficient (Wildman–Crippen LogP) is 7.84. The van der Waals surface area contributed by atoms with Gasteiger partial charge < -0.3 is 0 Å². The van der Waals surface area contributed by atoms with Crippen molar-refractivity contribution in [2.75, 3.05) is 0 Å². The van der Waals surface area contributed by atoms with Crippen molar-refractivity contribution in [1.29, 1.82) is 0 Å². The zero-order valence-corrected chi connectivity index (χ0v) is 16.3. The summed E-state index contributed by atoms with van der Waals surface area (Å²) in [5.74, 6) is -1.76. The molecule has 1 aliphatic rings. The monoisotopic (exact) mass is 374 g/mol. The highest BCUT2D eigenvalue weighted by molar-refractivity contribution is 5.85. The molecule has 0 bridgehead atoms. The smallest absolute Gasteiger partial charge is 0.169 e. The molecule has 0 N–H and O–H groups in total. The van der Waals surface area contributed by atoms with Crippen LogP contribution in [0.4, 0.5) is 13.2 Å². The molecule has 1 fully saturated rings. The van der Waals surface area contributed by atoms with Crippen molar-refractivity contribution in [3.05, 3.63) is 58.9 Å². The number of allylic oxidation sites excluding steroid dienone is 2. The number of rotatable bonds is 6. The molecule has 3 heteroatoms. The maximum Gasteiger partial charge on any atom is 0.169 e.